The van der Waals surface area contributed by atoms with Gasteiger partial charge in [-0.15, -0.1) is 0 Å². The molecule has 0 saturated carbocycles. The zero-order valence-corrected chi connectivity index (χ0v) is 14.8. The number of carbonyl (C=O) groups is 1. The van der Waals surface area contributed by atoms with Gasteiger partial charge in [0.2, 0.25) is 5.91 Å². The van der Waals surface area contributed by atoms with E-state index in [1.54, 1.807) is 0 Å². The molecule has 5 nitrogen and oxygen atoms in total. The van der Waals surface area contributed by atoms with Crippen molar-refractivity contribution in [2.24, 2.45) is 0 Å². The van der Waals surface area contributed by atoms with E-state index in [1.165, 1.54) is 5.56 Å². The van der Waals surface area contributed by atoms with E-state index in [9.17, 15) is 4.79 Å². The Balaban J connectivity index is 1.37. The first kappa shape index (κ1) is 17.6. The lowest BCUT2D eigenvalue weighted by Gasteiger charge is -2.34. The largest absolute Gasteiger partial charge is 0.349 e. The second-order valence-corrected chi connectivity index (χ2v) is 6.58. The lowest BCUT2D eigenvalue weighted by atomic mass is 10.2. The van der Waals surface area contributed by atoms with Gasteiger partial charge in [0.05, 0.1) is 18.8 Å². The van der Waals surface area contributed by atoms with Crippen LogP contribution in [0.3, 0.4) is 0 Å². The minimum Gasteiger partial charge on any atom is -0.349 e. The standard InChI is InChI=1S/C20H26N4O/c1-17-6-5-9-19(22-17)14-21-20(25)16-24-12-10-23(11-13-24)15-18-7-3-2-4-8-18/h2-9H,10-16H2,1H3,(H,21,25). The molecule has 0 atom stereocenters. The topological polar surface area (TPSA) is 48.5 Å². The van der Waals surface area contributed by atoms with Crippen molar-refractivity contribution in [2.75, 3.05) is 32.7 Å². The Morgan fingerprint density at radius 3 is 2.44 bits per heavy atom. The number of aromatic nitrogens is 1. The van der Waals surface area contributed by atoms with Crippen molar-refractivity contribution in [1.82, 2.24) is 20.1 Å². The smallest absolute Gasteiger partial charge is 0.234 e. The molecule has 1 fully saturated rings. The van der Waals surface area contributed by atoms with E-state index >= 15 is 0 Å². The van der Waals surface area contributed by atoms with E-state index in [0.29, 0.717) is 13.1 Å². The molecule has 1 aromatic heterocycles. The zero-order valence-electron chi connectivity index (χ0n) is 14.8. The summed E-state index contributed by atoms with van der Waals surface area (Å²) in [6, 6.07) is 16.4. The summed E-state index contributed by atoms with van der Waals surface area (Å²) in [6.07, 6.45) is 0. The van der Waals surface area contributed by atoms with Gasteiger partial charge in [-0.3, -0.25) is 19.6 Å². The van der Waals surface area contributed by atoms with Gasteiger partial charge in [0.1, 0.15) is 0 Å². The zero-order chi connectivity index (χ0) is 17.5. The van der Waals surface area contributed by atoms with Gasteiger partial charge in [0.15, 0.2) is 0 Å². The Morgan fingerprint density at radius 2 is 1.72 bits per heavy atom. The van der Waals surface area contributed by atoms with Crippen molar-refractivity contribution in [2.45, 2.75) is 20.0 Å². The summed E-state index contributed by atoms with van der Waals surface area (Å²) in [6.45, 7) is 7.77. The van der Waals surface area contributed by atoms with Crippen LogP contribution in [0.5, 0.6) is 0 Å². The molecule has 1 saturated heterocycles. The van der Waals surface area contributed by atoms with E-state index < -0.39 is 0 Å². The second-order valence-electron chi connectivity index (χ2n) is 6.58. The summed E-state index contributed by atoms with van der Waals surface area (Å²) in [5.41, 5.74) is 3.22. The number of amides is 1. The highest BCUT2D eigenvalue weighted by Gasteiger charge is 2.18. The van der Waals surface area contributed by atoms with Crippen LogP contribution >= 0.6 is 0 Å². The van der Waals surface area contributed by atoms with Crippen LogP contribution in [-0.4, -0.2) is 53.4 Å². The predicted octanol–water partition coefficient (Wildman–Crippen LogP) is 1.82. The number of nitrogens with one attached hydrogen (secondary N) is 1. The maximum absolute atomic E-state index is 12.1. The highest BCUT2D eigenvalue weighted by Crippen LogP contribution is 2.08. The first-order valence-corrected chi connectivity index (χ1v) is 8.87. The minimum atomic E-state index is 0.0693. The van der Waals surface area contributed by atoms with Gasteiger partial charge in [-0.2, -0.15) is 0 Å². The third-order valence-corrected chi connectivity index (χ3v) is 4.49. The highest BCUT2D eigenvalue weighted by atomic mass is 16.2. The molecule has 1 N–H and O–H groups in total. The molecular weight excluding hydrogens is 312 g/mol. The van der Waals surface area contributed by atoms with Gasteiger partial charge >= 0.3 is 0 Å². The Hall–Kier alpha value is -2.24. The van der Waals surface area contributed by atoms with Crippen LogP contribution in [0.2, 0.25) is 0 Å². The number of hydrogen-bond donors (Lipinski definition) is 1. The molecule has 0 bridgehead atoms. The minimum absolute atomic E-state index is 0.0693. The summed E-state index contributed by atoms with van der Waals surface area (Å²) < 4.78 is 0. The van der Waals surface area contributed by atoms with Crippen LogP contribution in [0.4, 0.5) is 0 Å². The Kier molecular flexibility index (Phi) is 6.14. The monoisotopic (exact) mass is 338 g/mol. The Morgan fingerprint density at radius 1 is 1.00 bits per heavy atom. The maximum Gasteiger partial charge on any atom is 0.234 e. The van der Waals surface area contributed by atoms with Crippen LogP contribution in [0.15, 0.2) is 48.5 Å². The SMILES string of the molecule is Cc1cccc(CNC(=O)CN2CCN(Cc3ccccc3)CC2)n1. The Labute approximate surface area is 149 Å². The molecule has 2 heterocycles. The molecule has 0 aliphatic carbocycles. The van der Waals surface area contributed by atoms with Crippen LogP contribution in [-0.2, 0) is 17.9 Å². The molecule has 2 aromatic rings. The predicted molar refractivity (Wildman–Crippen MR) is 99.0 cm³/mol. The van der Waals surface area contributed by atoms with E-state index in [1.807, 2.05) is 31.2 Å². The molecule has 0 spiro atoms. The van der Waals surface area contributed by atoms with Gasteiger partial charge < -0.3 is 5.32 Å². The number of pyridine rings is 1. The highest BCUT2D eigenvalue weighted by molar-refractivity contribution is 5.77. The number of aryl methyl sites for hydroxylation is 1. The number of carbonyl (C=O) groups excluding carboxylic acids is 1. The second kappa shape index (κ2) is 8.74. The van der Waals surface area contributed by atoms with Crippen LogP contribution in [0.25, 0.3) is 0 Å². The summed E-state index contributed by atoms with van der Waals surface area (Å²) in [4.78, 5) is 21.2. The quantitative estimate of drug-likeness (QED) is 0.873. The lowest BCUT2D eigenvalue weighted by molar-refractivity contribution is -0.122. The summed E-state index contributed by atoms with van der Waals surface area (Å²) in [7, 11) is 0. The number of piperazine rings is 1. The molecule has 1 aromatic carbocycles. The molecule has 5 heteroatoms. The fourth-order valence-corrected chi connectivity index (χ4v) is 3.09. The number of rotatable bonds is 6. The Bertz CT molecular complexity index is 681. The van der Waals surface area contributed by atoms with Crippen molar-refractivity contribution < 1.29 is 4.79 Å². The van der Waals surface area contributed by atoms with Gasteiger partial charge in [-0.05, 0) is 24.6 Å². The van der Waals surface area contributed by atoms with Crippen molar-refractivity contribution in [3.05, 3.63) is 65.5 Å². The molecule has 132 valence electrons. The summed E-state index contributed by atoms with van der Waals surface area (Å²) in [5.74, 6) is 0.0693. The van der Waals surface area contributed by atoms with Crippen LogP contribution < -0.4 is 5.32 Å². The maximum atomic E-state index is 12.1. The van der Waals surface area contributed by atoms with Crippen molar-refractivity contribution in [3.8, 4) is 0 Å². The molecule has 0 unspecified atom stereocenters. The first-order valence-electron chi connectivity index (χ1n) is 8.87. The normalized spacial score (nSPS) is 15.9. The summed E-state index contributed by atoms with van der Waals surface area (Å²) >= 11 is 0. The molecule has 1 aliphatic heterocycles. The van der Waals surface area contributed by atoms with Crippen molar-refractivity contribution in [3.63, 3.8) is 0 Å². The fourth-order valence-electron chi connectivity index (χ4n) is 3.09. The first-order chi connectivity index (χ1) is 12.2. The third kappa shape index (κ3) is 5.66. The van der Waals surface area contributed by atoms with Gasteiger partial charge in [0.25, 0.3) is 0 Å². The summed E-state index contributed by atoms with van der Waals surface area (Å²) in [5, 5.41) is 2.97. The van der Waals surface area contributed by atoms with Gasteiger partial charge in [0, 0.05) is 38.4 Å². The van der Waals surface area contributed by atoms with E-state index in [4.69, 9.17) is 0 Å². The fraction of sp³-hybridized carbons (Fsp3) is 0.400. The number of hydrogen-bond acceptors (Lipinski definition) is 4. The molecular formula is C20H26N4O. The lowest BCUT2D eigenvalue weighted by Crippen LogP contribution is -2.49. The van der Waals surface area contributed by atoms with Crippen molar-refractivity contribution in [1.29, 1.82) is 0 Å². The van der Waals surface area contributed by atoms with Crippen LogP contribution in [0, 0.1) is 6.92 Å². The molecule has 1 amide bonds. The van der Waals surface area contributed by atoms with Crippen molar-refractivity contribution >= 4 is 5.91 Å². The van der Waals surface area contributed by atoms with Gasteiger partial charge in [-0.1, -0.05) is 36.4 Å². The third-order valence-electron chi connectivity index (χ3n) is 4.49. The molecule has 25 heavy (non-hydrogen) atoms. The molecule has 3 rings (SSSR count). The number of benzene rings is 1. The van der Waals surface area contributed by atoms with Crippen LogP contribution in [0.1, 0.15) is 17.0 Å². The van der Waals surface area contributed by atoms with Gasteiger partial charge in [-0.25, -0.2) is 0 Å². The molecule has 0 radical (unpaired) electrons. The molecule has 1 aliphatic rings. The van der Waals surface area contributed by atoms with E-state index in [0.717, 1.165) is 44.1 Å². The average molecular weight is 338 g/mol. The van der Waals surface area contributed by atoms with E-state index in [2.05, 4.69) is 44.4 Å². The average Bonchev–Trinajstić information content (AvgIpc) is 2.63. The number of nitrogens with zero attached hydrogens (tertiary/aromatic N) is 3. The van der Waals surface area contributed by atoms with E-state index in [-0.39, 0.29) is 5.91 Å².